The molecule has 0 radical (unpaired) electrons. The maximum absolute atomic E-state index is 12.1. The molecule has 3 N–H and O–H groups in total. The zero-order valence-electron chi connectivity index (χ0n) is 12.0. The molecular weight excluding hydrogens is 302 g/mol. The lowest BCUT2D eigenvalue weighted by Gasteiger charge is -2.10. The lowest BCUT2D eigenvalue weighted by molar-refractivity contribution is -0.120. The van der Waals surface area contributed by atoms with Crippen molar-refractivity contribution in [3.05, 3.63) is 23.8 Å². The van der Waals surface area contributed by atoms with Gasteiger partial charge < -0.3 is 16.0 Å². The van der Waals surface area contributed by atoms with Crippen LogP contribution in [-0.2, 0) is 9.59 Å². The highest BCUT2D eigenvalue weighted by atomic mass is 32.2. The van der Waals surface area contributed by atoms with Crippen molar-refractivity contribution >= 4 is 35.2 Å². The van der Waals surface area contributed by atoms with Crippen molar-refractivity contribution in [1.82, 2.24) is 10.6 Å². The number of thioether (sulfide) groups is 1. The number of hydrogen-bond donors (Lipinski definition) is 3. The summed E-state index contributed by atoms with van der Waals surface area (Å²) < 4.78 is 0. The standard InChI is InChI=1S/C15H17N3O3S/c19-13-5-6-22-12-4-1-9(7-11(12)18-13)15(21)16-8-14(20)17-10-2-3-10/h1,4,7,10H,2-3,5-6,8H2,(H,16,21)(H,17,20)(H,18,19). The number of benzene rings is 1. The van der Waals surface area contributed by atoms with Gasteiger partial charge in [-0.25, -0.2) is 0 Å². The molecule has 1 aliphatic heterocycles. The molecule has 0 unspecified atom stereocenters. The summed E-state index contributed by atoms with van der Waals surface area (Å²) in [7, 11) is 0. The summed E-state index contributed by atoms with van der Waals surface area (Å²) in [5.41, 5.74) is 1.09. The second-order valence-electron chi connectivity index (χ2n) is 5.38. The summed E-state index contributed by atoms with van der Waals surface area (Å²) in [4.78, 5) is 36.2. The average molecular weight is 319 g/mol. The van der Waals surface area contributed by atoms with Crippen LogP contribution in [0.25, 0.3) is 0 Å². The van der Waals surface area contributed by atoms with Gasteiger partial charge in [0.25, 0.3) is 5.91 Å². The van der Waals surface area contributed by atoms with E-state index in [1.807, 2.05) is 6.07 Å². The van der Waals surface area contributed by atoms with Crippen LogP contribution >= 0.6 is 11.8 Å². The summed E-state index contributed by atoms with van der Waals surface area (Å²) in [6.45, 7) is -0.0342. The van der Waals surface area contributed by atoms with Crippen molar-refractivity contribution in [3.63, 3.8) is 0 Å². The highest BCUT2D eigenvalue weighted by Gasteiger charge is 2.23. The monoisotopic (exact) mass is 319 g/mol. The van der Waals surface area contributed by atoms with Gasteiger partial charge >= 0.3 is 0 Å². The molecule has 1 aromatic rings. The largest absolute Gasteiger partial charge is 0.352 e. The maximum Gasteiger partial charge on any atom is 0.251 e. The Morgan fingerprint density at radius 2 is 2.14 bits per heavy atom. The van der Waals surface area contributed by atoms with Gasteiger partial charge in [0.1, 0.15) is 0 Å². The van der Waals surface area contributed by atoms with Gasteiger partial charge in [0.15, 0.2) is 0 Å². The first kappa shape index (κ1) is 14.9. The number of amides is 3. The molecule has 0 bridgehead atoms. The van der Waals surface area contributed by atoms with Crippen LogP contribution in [0.3, 0.4) is 0 Å². The van der Waals surface area contributed by atoms with Gasteiger partial charge in [0.2, 0.25) is 11.8 Å². The third-order valence-electron chi connectivity index (χ3n) is 3.45. The molecular formula is C15H17N3O3S. The molecule has 1 aromatic carbocycles. The predicted molar refractivity (Wildman–Crippen MR) is 83.9 cm³/mol. The maximum atomic E-state index is 12.1. The number of fused-ring (bicyclic) bond motifs is 1. The van der Waals surface area contributed by atoms with Crippen molar-refractivity contribution in [2.75, 3.05) is 17.6 Å². The Labute approximate surface area is 132 Å². The van der Waals surface area contributed by atoms with E-state index in [1.165, 1.54) is 0 Å². The van der Waals surface area contributed by atoms with Crippen LogP contribution in [0.15, 0.2) is 23.1 Å². The molecule has 1 saturated carbocycles. The quantitative estimate of drug-likeness (QED) is 0.776. The van der Waals surface area contributed by atoms with E-state index in [1.54, 1.807) is 23.9 Å². The number of hydrogen-bond acceptors (Lipinski definition) is 4. The minimum absolute atomic E-state index is 0.0342. The van der Waals surface area contributed by atoms with Gasteiger partial charge in [0.05, 0.1) is 12.2 Å². The van der Waals surface area contributed by atoms with Crippen LogP contribution in [0, 0.1) is 0 Å². The molecule has 3 amide bonds. The van der Waals surface area contributed by atoms with Crippen LogP contribution in [0.4, 0.5) is 5.69 Å². The second-order valence-corrected chi connectivity index (χ2v) is 6.52. The van der Waals surface area contributed by atoms with Crippen LogP contribution in [0.1, 0.15) is 29.6 Å². The van der Waals surface area contributed by atoms with Crippen molar-refractivity contribution in [3.8, 4) is 0 Å². The molecule has 1 heterocycles. The zero-order chi connectivity index (χ0) is 15.5. The molecule has 2 aliphatic rings. The van der Waals surface area contributed by atoms with E-state index in [0.717, 1.165) is 23.5 Å². The normalized spacial score (nSPS) is 17.0. The Morgan fingerprint density at radius 1 is 1.32 bits per heavy atom. The van der Waals surface area contributed by atoms with Gasteiger partial charge in [-0.05, 0) is 31.0 Å². The van der Waals surface area contributed by atoms with E-state index in [2.05, 4.69) is 16.0 Å². The third kappa shape index (κ3) is 3.79. The van der Waals surface area contributed by atoms with Crippen molar-refractivity contribution < 1.29 is 14.4 Å². The Balaban J connectivity index is 1.62. The molecule has 116 valence electrons. The molecule has 22 heavy (non-hydrogen) atoms. The molecule has 0 aromatic heterocycles. The fourth-order valence-electron chi connectivity index (χ4n) is 2.13. The minimum atomic E-state index is -0.322. The number of carbonyl (C=O) groups excluding carboxylic acids is 3. The Hall–Kier alpha value is -2.02. The van der Waals surface area contributed by atoms with E-state index in [0.29, 0.717) is 17.7 Å². The van der Waals surface area contributed by atoms with E-state index in [-0.39, 0.29) is 30.3 Å². The predicted octanol–water partition coefficient (Wildman–Crippen LogP) is 1.13. The van der Waals surface area contributed by atoms with Gasteiger partial charge in [-0.15, -0.1) is 11.8 Å². The molecule has 7 heteroatoms. The number of anilines is 1. The number of rotatable bonds is 4. The molecule has 6 nitrogen and oxygen atoms in total. The molecule has 0 atom stereocenters. The summed E-state index contributed by atoms with van der Waals surface area (Å²) in [6, 6.07) is 5.46. The van der Waals surface area contributed by atoms with Gasteiger partial charge in [-0.2, -0.15) is 0 Å². The second kappa shape index (κ2) is 6.39. The molecule has 1 aliphatic carbocycles. The molecule has 1 fully saturated rings. The molecule has 0 spiro atoms. The summed E-state index contributed by atoms with van der Waals surface area (Å²) >= 11 is 1.59. The Kier molecular flexibility index (Phi) is 4.33. The molecule has 3 rings (SSSR count). The highest BCUT2D eigenvalue weighted by molar-refractivity contribution is 7.99. The van der Waals surface area contributed by atoms with Crippen LogP contribution in [0.5, 0.6) is 0 Å². The van der Waals surface area contributed by atoms with E-state index < -0.39 is 0 Å². The van der Waals surface area contributed by atoms with Crippen LogP contribution in [0.2, 0.25) is 0 Å². The summed E-state index contributed by atoms with van der Waals surface area (Å²) in [5.74, 6) is 0.186. The van der Waals surface area contributed by atoms with Gasteiger partial charge in [-0.1, -0.05) is 0 Å². The van der Waals surface area contributed by atoms with Crippen molar-refractivity contribution in [2.24, 2.45) is 0 Å². The highest BCUT2D eigenvalue weighted by Crippen LogP contribution is 2.31. The smallest absolute Gasteiger partial charge is 0.251 e. The van der Waals surface area contributed by atoms with E-state index in [9.17, 15) is 14.4 Å². The Bertz CT molecular complexity index is 628. The number of carbonyl (C=O) groups is 3. The topological polar surface area (TPSA) is 87.3 Å². The van der Waals surface area contributed by atoms with E-state index in [4.69, 9.17) is 0 Å². The Morgan fingerprint density at radius 3 is 2.91 bits per heavy atom. The minimum Gasteiger partial charge on any atom is -0.352 e. The van der Waals surface area contributed by atoms with Crippen LogP contribution in [-0.4, -0.2) is 36.1 Å². The zero-order valence-corrected chi connectivity index (χ0v) is 12.8. The SMILES string of the molecule is O=C1CCSc2ccc(C(=O)NCC(=O)NC3CC3)cc2N1. The first-order valence-electron chi connectivity index (χ1n) is 7.26. The first-order valence-corrected chi connectivity index (χ1v) is 8.24. The van der Waals surface area contributed by atoms with Gasteiger partial charge in [-0.3, -0.25) is 14.4 Å². The number of nitrogens with one attached hydrogen (secondary N) is 3. The molecule has 0 saturated heterocycles. The average Bonchev–Trinajstić information content (AvgIpc) is 3.30. The third-order valence-corrected chi connectivity index (χ3v) is 4.53. The first-order chi connectivity index (χ1) is 10.6. The summed E-state index contributed by atoms with van der Waals surface area (Å²) in [5, 5.41) is 8.20. The van der Waals surface area contributed by atoms with Crippen LogP contribution < -0.4 is 16.0 Å². The summed E-state index contributed by atoms with van der Waals surface area (Å²) in [6.07, 6.45) is 2.49. The fraction of sp³-hybridized carbons (Fsp3) is 0.400. The van der Waals surface area contributed by atoms with Crippen molar-refractivity contribution in [1.29, 1.82) is 0 Å². The lowest BCUT2D eigenvalue weighted by atomic mass is 10.2. The van der Waals surface area contributed by atoms with Crippen molar-refractivity contribution in [2.45, 2.75) is 30.2 Å². The lowest BCUT2D eigenvalue weighted by Crippen LogP contribution is -2.37. The van der Waals surface area contributed by atoms with E-state index >= 15 is 0 Å². The van der Waals surface area contributed by atoms with Gasteiger partial charge in [0, 0.05) is 28.7 Å². The fourth-order valence-corrected chi connectivity index (χ4v) is 3.07.